The second-order valence-corrected chi connectivity index (χ2v) is 10.1. The van der Waals surface area contributed by atoms with E-state index in [0.29, 0.717) is 35.4 Å². The molecule has 1 atom stereocenters. The zero-order valence-electron chi connectivity index (χ0n) is 23.7. The summed E-state index contributed by atoms with van der Waals surface area (Å²) in [6.07, 6.45) is 8.78. The van der Waals surface area contributed by atoms with Gasteiger partial charge in [0.1, 0.15) is 17.4 Å². The minimum Gasteiger partial charge on any atom is -0.494 e. The number of aromatic nitrogens is 2. The van der Waals surface area contributed by atoms with E-state index in [1.807, 2.05) is 80.7 Å². The van der Waals surface area contributed by atoms with Crippen molar-refractivity contribution >= 4 is 17.9 Å². The first-order chi connectivity index (χ1) is 19.4. The zero-order valence-corrected chi connectivity index (χ0v) is 23.7. The number of hydrogen-bond acceptors (Lipinski definition) is 5. The van der Waals surface area contributed by atoms with E-state index in [-0.39, 0.29) is 11.6 Å². The van der Waals surface area contributed by atoms with E-state index >= 15 is 0 Å². The van der Waals surface area contributed by atoms with E-state index in [9.17, 15) is 14.9 Å². The van der Waals surface area contributed by atoms with Crippen molar-refractivity contribution in [1.82, 2.24) is 14.7 Å². The first-order valence-corrected chi connectivity index (χ1v) is 14.0. The van der Waals surface area contributed by atoms with Crippen LogP contribution in [0.3, 0.4) is 0 Å². The summed E-state index contributed by atoms with van der Waals surface area (Å²) in [5.74, 6) is -0.145. The van der Waals surface area contributed by atoms with Crippen molar-refractivity contribution in [1.29, 1.82) is 5.26 Å². The van der Waals surface area contributed by atoms with Crippen molar-refractivity contribution in [3.8, 4) is 28.8 Å². The number of para-hydroxylation sites is 1. The second kappa shape index (κ2) is 13.1. The van der Waals surface area contributed by atoms with Gasteiger partial charge in [-0.05, 0) is 74.7 Å². The van der Waals surface area contributed by atoms with Crippen molar-refractivity contribution in [3.05, 3.63) is 83.1 Å². The van der Waals surface area contributed by atoms with E-state index < -0.39 is 11.8 Å². The molecule has 206 valence electrons. The molecule has 0 bridgehead atoms. The molecule has 40 heavy (non-hydrogen) atoms. The Kier molecular flexibility index (Phi) is 9.34. The number of unbranched alkanes of at least 4 members (excludes halogenated alkanes) is 3. The summed E-state index contributed by atoms with van der Waals surface area (Å²) in [5, 5.41) is 14.6. The van der Waals surface area contributed by atoms with Crippen molar-refractivity contribution < 1.29 is 14.3 Å². The van der Waals surface area contributed by atoms with Gasteiger partial charge in [-0.2, -0.15) is 10.4 Å². The molecule has 1 aliphatic heterocycles. The third-order valence-electron chi connectivity index (χ3n) is 7.26. The van der Waals surface area contributed by atoms with Gasteiger partial charge in [0.05, 0.1) is 18.0 Å². The topological polar surface area (TPSA) is 88.2 Å². The fourth-order valence-electron chi connectivity index (χ4n) is 4.70. The Morgan fingerprint density at radius 3 is 2.38 bits per heavy atom. The van der Waals surface area contributed by atoms with Crippen LogP contribution in [0.1, 0.15) is 65.4 Å². The number of rotatable bonds is 11. The molecule has 0 N–H and O–H groups in total. The third-order valence-corrected chi connectivity index (χ3v) is 7.26. The van der Waals surface area contributed by atoms with Crippen molar-refractivity contribution in [3.63, 3.8) is 0 Å². The number of ether oxygens (including phenoxy) is 1. The lowest BCUT2D eigenvalue weighted by molar-refractivity contribution is -0.142. The van der Waals surface area contributed by atoms with Gasteiger partial charge < -0.3 is 4.74 Å². The molecule has 7 nitrogen and oxygen atoms in total. The van der Waals surface area contributed by atoms with Crippen molar-refractivity contribution in [2.45, 2.75) is 65.8 Å². The summed E-state index contributed by atoms with van der Waals surface area (Å²) in [6, 6.07) is 19.2. The summed E-state index contributed by atoms with van der Waals surface area (Å²) < 4.78 is 7.69. The number of amides is 2. The summed E-state index contributed by atoms with van der Waals surface area (Å²) in [5.41, 5.74) is 3.80. The average molecular weight is 537 g/mol. The zero-order chi connectivity index (χ0) is 28.6. The van der Waals surface area contributed by atoms with Gasteiger partial charge in [-0.3, -0.25) is 14.5 Å². The molecule has 2 aromatic carbocycles. The lowest BCUT2D eigenvalue weighted by atomic mass is 9.92. The molecule has 0 radical (unpaired) electrons. The number of benzene rings is 2. The Morgan fingerprint density at radius 1 is 1.00 bits per heavy atom. The highest BCUT2D eigenvalue weighted by Crippen LogP contribution is 2.32. The fourth-order valence-corrected chi connectivity index (χ4v) is 4.70. The number of nitriles is 1. The van der Waals surface area contributed by atoms with Crippen LogP contribution in [0, 0.1) is 11.3 Å². The minimum absolute atomic E-state index is 0.0106. The van der Waals surface area contributed by atoms with E-state index in [4.69, 9.17) is 9.84 Å². The predicted molar refractivity (Wildman–Crippen MR) is 157 cm³/mol. The molecule has 3 aromatic rings. The Hall–Kier alpha value is -4.44. The Bertz CT molecular complexity index is 1460. The summed E-state index contributed by atoms with van der Waals surface area (Å²) >= 11 is 0. The van der Waals surface area contributed by atoms with Crippen LogP contribution >= 0.6 is 0 Å². The van der Waals surface area contributed by atoms with Crippen LogP contribution in [0.25, 0.3) is 23.0 Å². The number of carbonyl (C=O) groups excluding carboxylic acids is 2. The van der Waals surface area contributed by atoms with Crippen LogP contribution in [0.2, 0.25) is 0 Å². The standard InChI is InChI=1S/C33H36N4O3/c1-5-7-8-12-19-40-28-17-15-25(16-18-28)31-26(22-36(35-31)27-13-10-9-11-14-27)20-29-24(4)30(21-34)33(39)37(32(29)38)23(3)6-2/h9-11,13-18,20,22-23H,5-8,12,19H2,1-4H3/b29-20+. The molecular weight excluding hydrogens is 500 g/mol. The number of nitrogens with zero attached hydrogens (tertiary/aromatic N) is 4. The van der Waals surface area contributed by atoms with Crippen LogP contribution in [-0.4, -0.2) is 39.1 Å². The molecule has 7 heteroatoms. The van der Waals surface area contributed by atoms with Gasteiger partial charge >= 0.3 is 0 Å². The smallest absolute Gasteiger partial charge is 0.271 e. The summed E-state index contributed by atoms with van der Waals surface area (Å²) in [4.78, 5) is 27.8. The van der Waals surface area contributed by atoms with Crippen LogP contribution in [0.5, 0.6) is 5.75 Å². The maximum atomic E-state index is 13.6. The Balaban J connectivity index is 1.76. The first kappa shape index (κ1) is 28.6. The van der Waals surface area contributed by atoms with E-state index in [0.717, 1.165) is 29.8 Å². The lowest BCUT2D eigenvalue weighted by Gasteiger charge is -2.31. The largest absolute Gasteiger partial charge is 0.494 e. The van der Waals surface area contributed by atoms with Gasteiger partial charge in [-0.25, -0.2) is 4.68 Å². The van der Waals surface area contributed by atoms with Crippen LogP contribution < -0.4 is 4.74 Å². The van der Waals surface area contributed by atoms with E-state index in [2.05, 4.69) is 6.92 Å². The molecule has 0 saturated heterocycles. The Morgan fingerprint density at radius 2 is 1.73 bits per heavy atom. The summed E-state index contributed by atoms with van der Waals surface area (Å²) in [7, 11) is 0. The van der Waals surface area contributed by atoms with Gasteiger partial charge in [-0.15, -0.1) is 0 Å². The molecular formula is C33H36N4O3. The first-order valence-electron chi connectivity index (χ1n) is 14.0. The Labute approximate surface area is 236 Å². The molecule has 2 amide bonds. The summed E-state index contributed by atoms with van der Waals surface area (Å²) in [6.45, 7) is 8.25. The highest BCUT2D eigenvalue weighted by atomic mass is 16.5. The average Bonchev–Trinajstić information content (AvgIpc) is 3.40. The van der Waals surface area contributed by atoms with Crippen LogP contribution in [0.4, 0.5) is 0 Å². The quantitative estimate of drug-likeness (QED) is 0.151. The van der Waals surface area contributed by atoms with E-state index in [1.54, 1.807) is 17.7 Å². The number of imide groups is 1. The predicted octanol–water partition coefficient (Wildman–Crippen LogP) is 6.89. The maximum absolute atomic E-state index is 13.6. The highest BCUT2D eigenvalue weighted by Gasteiger charge is 2.37. The number of carbonyl (C=O) groups is 2. The lowest BCUT2D eigenvalue weighted by Crippen LogP contribution is -2.47. The minimum atomic E-state index is -0.540. The highest BCUT2D eigenvalue weighted by molar-refractivity contribution is 6.20. The normalized spacial score (nSPS) is 15.5. The van der Waals surface area contributed by atoms with Gasteiger partial charge in [0.2, 0.25) is 0 Å². The fraction of sp³-hybridized carbons (Fsp3) is 0.333. The second-order valence-electron chi connectivity index (χ2n) is 10.1. The third kappa shape index (κ3) is 6.07. The van der Waals surface area contributed by atoms with Crippen LogP contribution in [-0.2, 0) is 9.59 Å². The van der Waals surface area contributed by atoms with E-state index in [1.165, 1.54) is 17.7 Å². The molecule has 0 fully saturated rings. The molecule has 1 aliphatic rings. The maximum Gasteiger partial charge on any atom is 0.271 e. The SMILES string of the molecule is CCCCCCOc1ccc(-c2nn(-c3ccccc3)cc2/C=C2/C(=O)N(C(C)CC)C(=O)C(C#N)=C2C)cc1. The molecule has 0 saturated carbocycles. The molecule has 2 heterocycles. The van der Waals surface area contributed by atoms with Crippen LogP contribution in [0.15, 0.2) is 77.5 Å². The van der Waals surface area contributed by atoms with Gasteiger partial charge in [-0.1, -0.05) is 51.3 Å². The molecule has 0 spiro atoms. The molecule has 1 unspecified atom stereocenters. The van der Waals surface area contributed by atoms with Crippen molar-refractivity contribution in [2.75, 3.05) is 6.61 Å². The number of hydrogen-bond donors (Lipinski definition) is 0. The van der Waals surface area contributed by atoms with Gasteiger partial charge in [0, 0.05) is 28.9 Å². The molecule has 0 aliphatic carbocycles. The monoisotopic (exact) mass is 536 g/mol. The van der Waals surface area contributed by atoms with Gasteiger partial charge in [0.15, 0.2) is 0 Å². The van der Waals surface area contributed by atoms with Gasteiger partial charge in [0.25, 0.3) is 11.8 Å². The molecule has 4 rings (SSSR count). The van der Waals surface area contributed by atoms with Crippen molar-refractivity contribution in [2.24, 2.45) is 0 Å². The molecule has 1 aromatic heterocycles.